The third kappa shape index (κ3) is 8.24. The van der Waals surface area contributed by atoms with E-state index in [1.54, 1.807) is 9.80 Å². The number of likely N-dealkylation sites (tertiary alicyclic amines) is 2. The summed E-state index contributed by atoms with van der Waals surface area (Å²) in [6.07, 6.45) is 3.07. The molecule has 0 bridgehead atoms. The van der Waals surface area contributed by atoms with Crippen molar-refractivity contribution >= 4 is 46.4 Å². The summed E-state index contributed by atoms with van der Waals surface area (Å²) in [6.45, 7) is 8.52. The van der Waals surface area contributed by atoms with Gasteiger partial charge in [-0.1, -0.05) is 87.8 Å². The van der Waals surface area contributed by atoms with Gasteiger partial charge in [0, 0.05) is 30.4 Å². The summed E-state index contributed by atoms with van der Waals surface area (Å²) >= 11 is 6.69. The first-order valence-corrected chi connectivity index (χ1v) is 20.1. The van der Waals surface area contributed by atoms with Crippen LogP contribution in [0.5, 0.6) is 0 Å². The fourth-order valence-electron chi connectivity index (χ4n) is 8.12. The molecule has 304 valence electrons. The minimum Gasteiger partial charge on any atom is -0.465 e. The molecule has 0 spiro atoms. The lowest BCUT2D eigenvalue weighted by Crippen LogP contribution is -2.51. The normalized spacial score (nSPS) is 17.9. The first-order valence-electron chi connectivity index (χ1n) is 19.7. The summed E-state index contributed by atoms with van der Waals surface area (Å²) in [5.74, 6) is 0.550. The van der Waals surface area contributed by atoms with E-state index in [-0.39, 0.29) is 35.7 Å². The van der Waals surface area contributed by atoms with Crippen LogP contribution in [0.4, 0.5) is 9.59 Å². The number of nitrogens with zero attached hydrogens (tertiary/aromatic N) is 4. The molecule has 0 aliphatic carbocycles. The smallest absolute Gasteiger partial charge is 0.407 e. The predicted octanol–water partition coefficient (Wildman–Crippen LogP) is 7.94. The number of halogens is 1. The summed E-state index contributed by atoms with van der Waals surface area (Å²) in [5, 5.41) is 16.8. The van der Waals surface area contributed by atoms with Crippen molar-refractivity contribution in [3.63, 3.8) is 0 Å². The molecule has 0 saturated carbocycles. The molecule has 2 aromatic heterocycles. The van der Waals surface area contributed by atoms with Crippen LogP contribution in [0.3, 0.4) is 0 Å². The molecule has 4 atom stereocenters. The Morgan fingerprint density at radius 3 is 1.88 bits per heavy atom. The number of ether oxygens (including phenoxy) is 1. The number of carbonyl (C=O) groups is 4. The quantitative estimate of drug-likeness (QED) is 0.0890. The van der Waals surface area contributed by atoms with E-state index in [0.29, 0.717) is 35.6 Å². The summed E-state index contributed by atoms with van der Waals surface area (Å²) in [7, 11) is 1.28. The topological polar surface area (TPSA) is 186 Å². The number of rotatable bonds is 11. The molecule has 4 heterocycles. The van der Waals surface area contributed by atoms with E-state index < -0.39 is 24.3 Å². The Labute approximate surface area is 341 Å². The van der Waals surface area contributed by atoms with Crippen LogP contribution in [-0.4, -0.2) is 91.1 Å². The Kier molecular flexibility index (Phi) is 11.8. The highest BCUT2D eigenvalue weighted by atomic mass is 35.5. The summed E-state index contributed by atoms with van der Waals surface area (Å²) in [4.78, 5) is 70.1. The third-order valence-electron chi connectivity index (χ3n) is 11.2. The minimum atomic E-state index is -1.22. The van der Waals surface area contributed by atoms with Gasteiger partial charge < -0.3 is 40.2 Å². The van der Waals surface area contributed by atoms with E-state index in [9.17, 15) is 24.3 Å². The number of carboxylic acid groups (broad SMARTS) is 1. The lowest BCUT2D eigenvalue weighted by molar-refractivity contribution is -0.136. The van der Waals surface area contributed by atoms with Gasteiger partial charge in [-0.2, -0.15) is 0 Å². The fourth-order valence-corrected chi connectivity index (χ4v) is 8.37. The minimum absolute atomic E-state index is 0.136. The first-order chi connectivity index (χ1) is 27.8. The molecule has 1 unspecified atom stereocenters. The van der Waals surface area contributed by atoms with Gasteiger partial charge >= 0.3 is 12.2 Å². The lowest BCUT2D eigenvalue weighted by atomic mass is 9.98. The van der Waals surface area contributed by atoms with Gasteiger partial charge in [0.15, 0.2) is 5.15 Å². The maximum absolute atomic E-state index is 13.6. The van der Waals surface area contributed by atoms with Crippen LogP contribution in [0.2, 0.25) is 5.15 Å². The molecule has 4 amide bonds. The average Bonchev–Trinajstić information content (AvgIpc) is 4.05. The number of imidazole rings is 2. The molecule has 2 aliphatic rings. The molecular weight excluding hydrogens is 760 g/mol. The molecule has 7 rings (SSSR count). The van der Waals surface area contributed by atoms with Crippen molar-refractivity contribution in [1.29, 1.82) is 0 Å². The van der Waals surface area contributed by atoms with Crippen molar-refractivity contribution in [3.05, 3.63) is 83.7 Å². The monoisotopic (exact) mass is 808 g/mol. The number of hydrogen-bond donors (Lipinski definition) is 5. The second-order valence-corrected chi connectivity index (χ2v) is 16.1. The van der Waals surface area contributed by atoms with Crippen LogP contribution in [0.25, 0.3) is 44.4 Å². The highest BCUT2D eigenvalue weighted by Gasteiger charge is 2.39. The molecule has 15 heteroatoms. The Morgan fingerprint density at radius 2 is 1.29 bits per heavy atom. The SMILES string of the molecule is COC(=O)N[C@H](C(=O)N1CCCC1c1nc(Cl)c(-c2ccc(-c3ccc4cc(-c5c[nH]c([C@@H]6CCCN6C(=O)[C@@H](NC(=O)O)C(C)C)n5)ccc4c3)cc2)[nH]1)C(C)C. The number of nitrogens with one attached hydrogen (secondary N) is 4. The van der Waals surface area contributed by atoms with Crippen LogP contribution in [-0.2, 0) is 14.3 Å². The number of fused-ring (bicyclic) bond motifs is 1. The van der Waals surface area contributed by atoms with E-state index in [4.69, 9.17) is 21.3 Å². The molecule has 0 radical (unpaired) electrons. The molecule has 2 aliphatic heterocycles. The number of hydrogen-bond acceptors (Lipinski definition) is 7. The number of aromatic nitrogens is 4. The van der Waals surface area contributed by atoms with Crippen LogP contribution in [0.1, 0.15) is 77.1 Å². The summed E-state index contributed by atoms with van der Waals surface area (Å²) in [6, 6.07) is 18.5. The lowest BCUT2D eigenvalue weighted by Gasteiger charge is -2.29. The van der Waals surface area contributed by atoms with E-state index in [1.165, 1.54) is 7.11 Å². The van der Waals surface area contributed by atoms with Gasteiger partial charge in [0.25, 0.3) is 0 Å². The Balaban J connectivity index is 1.04. The highest BCUT2D eigenvalue weighted by Crippen LogP contribution is 2.37. The number of carbonyl (C=O) groups excluding carboxylic acids is 3. The number of methoxy groups -OCH3 is 1. The molecule has 5 N–H and O–H groups in total. The zero-order chi connectivity index (χ0) is 41.2. The molecule has 2 saturated heterocycles. The largest absolute Gasteiger partial charge is 0.465 e. The maximum atomic E-state index is 13.6. The second kappa shape index (κ2) is 16.9. The molecule has 3 aromatic carbocycles. The van der Waals surface area contributed by atoms with E-state index >= 15 is 0 Å². The zero-order valence-electron chi connectivity index (χ0n) is 33.2. The average molecular weight is 809 g/mol. The molecular formula is C43H49ClN8O6. The first kappa shape index (κ1) is 40.3. The van der Waals surface area contributed by atoms with E-state index in [2.05, 4.69) is 55.9 Å². The number of aromatic amines is 2. The number of H-pyrrole nitrogens is 2. The molecule has 58 heavy (non-hydrogen) atoms. The standard InChI is InChI=1S/C43H49ClN8O6/c1-23(2)34(48-42(55)56)40(53)51-18-6-8-32(51)38-45-22-31(46-38)30-17-16-28-20-27(14-15-29(28)21-30)25-10-12-26(13-11-25)36-37(44)50-39(47-36)33-9-7-19-52(33)41(54)35(24(3)4)49-43(57)58-5/h10-17,20-24,32-35,48H,6-9,18-19H2,1-5H3,(H,45,46)(H,47,50)(H,49,57)(H,55,56)/t32-,33?,34-,35-/m0/s1. The van der Waals surface area contributed by atoms with Gasteiger partial charge in [0.05, 0.1) is 30.6 Å². The van der Waals surface area contributed by atoms with E-state index in [1.807, 2.05) is 64.2 Å². The van der Waals surface area contributed by atoms with Crippen LogP contribution < -0.4 is 10.6 Å². The van der Waals surface area contributed by atoms with Crippen molar-refractivity contribution in [2.45, 2.75) is 77.5 Å². The highest BCUT2D eigenvalue weighted by molar-refractivity contribution is 6.32. The fraction of sp³-hybridized carbons (Fsp3) is 0.395. The van der Waals surface area contributed by atoms with Gasteiger partial charge in [-0.3, -0.25) is 9.59 Å². The van der Waals surface area contributed by atoms with Gasteiger partial charge in [-0.25, -0.2) is 19.6 Å². The maximum Gasteiger partial charge on any atom is 0.407 e. The Morgan fingerprint density at radius 1 is 0.759 bits per heavy atom. The molecule has 14 nitrogen and oxygen atoms in total. The molecule has 2 fully saturated rings. The van der Waals surface area contributed by atoms with Crippen LogP contribution in [0.15, 0.2) is 66.9 Å². The van der Waals surface area contributed by atoms with Gasteiger partial charge in [0.1, 0.15) is 23.7 Å². The van der Waals surface area contributed by atoms with Crippen LogP contribution in [0, 0.1) is 11.8 Å². The van der Waals surface area contributed by atoms with Gasteiger partial charge in [0.2, 0.25) is 11.8 Å². The Hall–Kier alpha value is -5.89. The summed E-state index contributed by atoms with van der Waals surface area (Å²) in [5.41, 5.74) is 5.32. The third-order valence-corrected chi connectivity index (χ3v) is 11.5. The Bertz CT molecular complexity index is 2320. The van der Waals surface area contributed by atoms with Crippen LogP contribution >= 0.6 is 11.6 Å². The molecule has 5 aromatic rings. The van der Waals surface area contributed by atoms with Crippen molar-refractivity contribution in [2.75, 3.05) is 20.2 Å². The van der Waals surface area contributed by atoms with E-state index in [0.717, 1.165) is 64.4 Å². The van der Waals surface area contributed by atoms with Gasteiger partial charge in [-0.15, -0.1) is 0 Å². The number of amides is 4. The predicted molar refractivity (Wildman–Crippen MR) is 221 cm³/mol. The van der Waals surface area contributed by atoms with Crippen molar-refractivity contribution < 1.29 is 29.0 Å². The zero-order valence-corrected chi connectivity index (χ0v) is 34.0. The van der Waals surface area contributed by atoms with Crippen molar-refractivity contribution in [3.8, 4) is 33.6 Å². The number of alkyl carbamates (subject to hydrolysis) is 1. The summed E-state index contributed by atoms with van der Waals surface area (Å²) < 4.78 is 4.76. The van der Waals surface area contributed by atoms with Crippen molar-refractivity contribution in [1.82, 2.24) is 40.4 Å². The van der Waals surface area contributed by atoms with Gasteiger partial charge in [-0.05, 0) is 71.6 Å². The van der Waals surface area contributed by atoms with Crippen molar-refractivity contribution in [2.24, 2.45) is 11.8 Å². The second-order valence-electron chi connectivity index (χ2n) is 15.7. The number of benzene rings is 3.